The van der Waals surface area contributed by atoms with Crippen LogP contribution in [0.5, 0.6) is 0 Å². The summed E-state index contributed by atoms with van der Waals surface area (Å²) in [5, 5.41) is 16.5. The highest BCUT2D eigenvalue weighted by molar-refractivity contribution is 6.21. The minimum atomic E-state index is -0.350. The average Bonchev–Trinajstić information content (AvgIpc) is 3.09. The zero-order valence-electron chi connectivity index (χ0n) is 17.8. The van der Waals surface area contributed by atoms with Crippen molar-refractivity contribution in [3.05, 3.63) is 76.1 Å². The van der Waals surface area contributed by atoms with Crippen LogP contribution in [0.15, 0.2) is 42.6 Å². The molecular weight excluding hydrogens is 416 g/mol. The molecule has 0 spiro atoms. The van der Waals surface area contributed by atoms with Crippen molar-refractivity contribution < 1.29 is 9.59 Å². The highest BCUT2D eigenvalue weighted by Gasteiger charge is 2.41. The molecule has 8 nitrogen and oxygen atoms in total. The maximum atomic E-state index is 13.1. The Kier molecular flexibility index (Phi) is 4.78. The molecule has 0 bridgehead atoms. The van der Waals surface area contributed by atoms with Gasteiger partial charge in [0, 0.05) is 46.9 Å². The third kappa shape index (κ3) is 2.95. The van der Waals surface area contributed by atoms with Gasteiger partial charge in [-0.25, -0.2) is 4.98 Å². The van der Waals surface area contributed by atoms with Crippen molar-refractivity contribution in [3.63, 3.8) is 0 Å². The Morgan fingerprint density at radius 2 is 1.76 bits per heavy atom. The summed E-state index contributed by atoms with van der Waals surface area (Å²) in [7, 11) is 0. The molecule has 0 radical (unpaired) electrons. The van der Waals surface area contributed by atoms with E-state index < -0.39 is 0 Å². The van der Waals surface area contributed by atoms with E-state index in [0.717, 1.165) is 22.7 Å². The molecule has 1 aliphatic carbocycles. The number of nitrogens with zero attached hydrogens (tertiary/aromatic N) is 2. The second kappa shape index (κ2) is 7.67. The Bertz CT molecular complexity index is 1370. The van der Waals surface area contributed by atoms with Gasteiger partial charge < -0.3 is 22.3 Å². The van der Waals surface area contributed by atoms with E-state index in [-0.39, 0.29) is 17.9 Å². The first kappa shape index (κ1) is 20.6. The summed E-state index contributed by atoms with van der Waals surface area (Å²) in [6, 6.07) is 10.0. The monoisotopic (exact) mass is 438 g/mol. The van der Waals surface area contributed by atoms with Gasteiger partial charge in [-0.15, -0.1) is 0 Å². The lowest BCUT2D eigenvalue weighted by Gasteiger charge is -2.33. The van der Waals surface area contributed by atoms with E-state index in [4.69, 9.17) is 27.3 Å². The maximum absolute atomic E-state index is 13.1. The third-order valence-corrected chi connectivity index (χ3v) is 6.55. The Hall–Kier alpha value is -4.33. The van der Waals surface area contributed by atoms with E-state index in [1.54, 1.807) is 36.4 Å². The van der Waals surface area contributed by atoms with Gasteiger partial charge in [0.1, 0.15) is 0 Å². The number of hydrogen-bond donors (Lipinski definition) is 4. The van der Waals surface area contributed by atoms with Crippen molar-refractivity contribution in [3.8, 4) is 0 Å². The zero-order valence-corrected chi connectivity index (χ0v) is 17.8. The number of allylic oxidation sites excluding steroid dienone is 1. The van der Waals surface area contributed by atoms with E-state index in [1.165, 1.54) is 17.3 Å². The van der Waals surface area contributed by atoms with Crippen LogP contribution in [0.2, 0.25) is 0 Å². The molecule has 8 heteroatoms. The molecule has 0 saturated carbocycles. The van der Waals surface area contributed by atoms with Crippen molar-refractivity contribution in [1.29, 1.82) is 10.8 Å². The maximum Gasteiger partial charge on any atom is 0.261 e. The quantitative estimate of drug-likeness (QED) is 0.281. The number of amides is 2. The predicted octanol–water partition coefficient (Wildman–Crippen LogP) is 2.92. The molecule has 2 aromatic carbocycles. The molecule has 164 valence electrons. The Balaban J connectivity index is 1.68. The fourth-order valence-corrected chi connectivity index (χ4v) is 5.01. The molecular formula is C25H22N6O2. The van der Waals surface area contributed by atoms with E-state index in [1.807, 2.05) is 0 Å². The number of aromatic nitrogens is 1. The molecule has 2 amide bonds. The largest absolute Gasteiger partial charge is 0.404 e. The van der Waals surface area contributed by atoms with Crippen molar-refractivity contribution >= 4 is 46.4 Å². The van der Waals surface area contributed by atoms with Crippen molar-refractivity contribution in [1.82, 2.24) is 9.88 Å². The summed E-state index contributed by atoms with van der Waals surface area (Å²) in [6.45, 7) is 0. The van der Waals surface area contributed by atoms with Crippen LogP contribution in [0.4, 0.5) is 5.69 Å². The molecule has 2 aliphatic rings. The molecule has 0 saturated heterocycles. The average molecular weight is 438 g/mol. The smallest absolute Gasteiger partial charge is 0.261 e. The van der Waals surface area contributed by atoms with Crippen LogP contribution in [-0.4, -0.2) is 40.2 Å². The Labute approximate surface area is 189 Å². The highest BCUT2D eigenvalue weighted by Crippen LogP contribution is 2.38. The van der Waals surface area contributed by atoms with Crippen LogP contribution in [-0.2, 0) is 12.8 Å². The number of imide groups is 1. The number of nitrogens with two attached hydrogens (primary N) is 2. The Morgan fingerprint density at radius 3 is 2.36 bits per heavy atom. The summed E-state index contributed by atoms with van der Waals surface area (Å²) in [5.74, 6) is -0.573. The van der Waals surface area contributed by atoms with Crippen molar-refractivity contribution in [2.75, 3.05) is 5.73 Å². The van der Waals surface area contributed by atoms with Crippen LogP contribution in [0.25, 0.3) is 16.5 Å². The van der Waals surface area contributed by atoms with Gasteiger partial charge in [-0.05, 0) is 54.7 Å². The molecule has 3 aromatic rings. The third-order valence-electron chi connectivity index (χ3n) is 6.55. The number of aryl methyl sites for hydroxylation is 1. The molecule has 1 unspecified atom stereocenters. The minimum absolute atomic E-state index is 0.287. The van der Waals surface area contributed by atoms with Crippen LogP contribution in [0.3, 0.4) is 0 Å². The molecule has 2 heterocycles. The van der Waals surface area contributed by atoms with Crippen LogP contribution < -0.4 is 11.5 Å². The van der Waals surface area contributed by atoms with Gasteiger partial charge in [0.05, 0.1) is 22.3 Å². The van der Waals surface area contributed by atoms with Gasteiger partial charge >= 0.3 is 0 Å². The van der Waals surface area contributed by atoms with Gasteiger partial charge in [0.2, 0.25) is 0 Å². The van der Waals surface area contributed by atoms with Crippen LogP contribution in [0.1, 0.15) is 49.5 Å². The van der Waals surface area contributed by atoms with Gasteiger partial charge in [-0.3, -0.25) is 14.5 Å². The van der Waals surface area contributed by atoms with Crippen LogP contribution >= 0.6 is 0 Å². The topological polar surface area (TPSA) is 150 Å². The SMILES string of the molecule is N=C/C(=C\N)c1nc2ccc(N)c(C=N)c2c2c1CC(N1C(=O)c3ccccc3C1=O)CC2. The summed E-state index contributed by atoms with van der Waals surface area (Å²) in [6.07, 6.45) is 5.24. The van der Waals surface area contributed by atoms with E-state index in [0.29, 0.717) is 58.4 Å². The minimum Gasteiger partial charge on any atom is -0.404 e. The second-order valence-corrected chi connectivity index (χ2v) is 8.21. The first-order valence-corrected chi connectivity index (χ1v) is 10.6. The first-order chi connectivity index (χ1) is 16.0. The van der Waals surface area contributed by atoms with E-state index >= 15 is 0 Å². The number of hydrogen-bond acceptors (Lipinski definition) is 7. The standard InChI is InChI=1S/C25H22N6O2/c26-10-13(11-27)23-18-9-14(31-24(32)16-3-1-2-4-17(16)25(31)33)5-6-15(18)22-19(12-28)20(29)7-8-21(22)30-23/h1-4,7-8,10-12,14,26,28H,5-6,9,27,29H2/b13-11+,26-10?,28-12?. The number of benzene rings is 2. The zero-order chi connectivity index (χ0) is 23.3. The summed E-state index contributed by atoms with van der Waals surface area (Å²) in [4.78, 5) is 32.3. The van der Waals surface area contributed by atoms with Gasteiger partial charge in [0.25, 0.3) is 11.8 Å². The van der Waals surface area contributed by atoms with E-state index in [9.17, 15) is 9.59 Å². The number of anilines is 1. The fraction of sp³-hybridized carbons (Fsp3) is 0.160. The summed E-state index contributed by atoms with van der Waals surface area (Å²) >= 11 is 0. The molecule has 6 N–H and O–H groups in total. The molecule has 33 heavy (non-hydrogen) atoms. The lowest BCUT2D eigenvalue weighted by atomic mass is 9.82. The van der Waals surface area contributed by atoms with Gasteiger partial charge in [-0.2, -0.15) is 0 Å². The van der Waals surface area contributed by atoms with Crippen molar-refractivity contribution in [2.45, 2.75) is 25.3 Å². The molecule has 5 rings (SSSR count). The molecule has 1 aromatic heterocycles. The first-order valence-electron chi connectivity index (χ1n) is 10.6. The van der Waals surface area contributed by atoms with Gasteiger partial charge in [0.15, 0.2) is 0 Å². The number of fused-ring (bicyclic) bond motifs is 4. The molecule has 1 atom stereocenters. The summed E-state index contributed by atoms with van der Waals surface area (Å²) < 4.78 is 0. The number of rotatable bonds is 4. The number of carbonyl (C=O) groups excluding carboxylic acids is 2. The van der Waals surface area contributed by atoms with Gasteiger partial charge in [-0.1, -0.05) is 12.1 Å². The van der Waals surface area contributed by atoms with Crippen LogP contribution in [0, 0.1) is 10.8 Å². The predicted molar refractivity (Wildman–Crippen MR) is 128 cm³/mol. The number of carbonyl (C=O) groups is 2. The Morgan fingerprint density at radius 1 is 1.06 bits per heavy atom. The molecule has 0 fully saturated rings. The number of nitrogens with one attached hydrogen (secondary N) is 2. The lowest BCUT2D eigenvalue weighted by Crippen LogP contribution is -2.43. The second-order valence-electron chi connectivity index (χ2n) is 8.21. The summed E-state index contributed by atoms with van der Waals surface area (Å²) in [5.41, 5.74) is 17.3. The lowest BCUT2D eigenvalue weighted by molar-refractivity contribution is 0.0571. The highest BCUT2D eigenvalue weighted by atomic mass is 16.2. The van der Waals surface area contributed by atoms with Crippen molar-refractivity contribution in [2.24, 2.45) is 5.73 Å². The normalized spacial score (nSPS) is 17.8. The number of pyridine rings is 1. The molecule has 1 aliphatic heterocycles. The number of nitrogen functional groups attached to an aromatic ring is 1. The fourth-order valence-electron chi connectivity index (χ4n) is 5.01. The van der Waals surface area contributed by atoms with E-state index in [2.05, 4.69) is 0 Å².